The van der Waals surface area contributed by atoms with Gasteiger partial charge in [-0.15, -0.1) is 11.8 Å². The van der Waals surface area contributed by atoms with Gasteiger partial charge in [0.05, 0.1) is 12.5 Å². The molecule has 2 aliphatic rings. The minimum atomic E-state index is -1.07. The van der Waals surface area contributed by atoms with Crippen LogP contribution in [0.3, 0.4) is 0 Å². The molecule has 0 aliphatic carbocycles. The number of ether oxygens (including phenoxy) is 2. The first kappa shape index (κ1) is 17.9. The number of aliphatic imine (C=N–C) groups is 1. The molecule has 2 aliphatic heterocycles. The summed E-state index contributed by atoms with van der Waals surface area (Å²) in [5.74, 6) is -0.339. The Kier molecular flexibility index (Phi) is 4.64. The number of hydrogen-bond acceptors (Lipinski definition) is 7. The molecule has 6 nitrogen and oxygen atoms in total. The van der Waals surface area contributed by atoms with Crippen molar-refractivity contribution in [2.75, 3.05) is 7.11 Å². The summed E-state index contributed by atoms with van der Waals surface area (Å²) in [6.07, 6.45) is 0.462. The highest BCUT2D eigenvalue weighted by atomic mass is 32.2. The highest BCUT2D eigenvalue weighted by molar-refractivity contribution is 8.01. The van der Waals surface area contributed by atoms with Gasteiger partial charge in [-0.05, 0) is 26.3 Å². The molecule has 1 saturated heterocycles. The molecule has 0 radical (unpaired) electrons. The molecule has 0 aromatic heterocycles. The fourth-order valence-corrected chi connectivity index (χ4v) is 4.54. The smallest absolute Gasteiger partial charge is 0.342 e. The lowest BCUT2D eigenvalue weighted by Crippen LogP contribution is -2.51. The van der Waals surface area contributed by atoms with E-state index in [4.69, 9.17) is 9.47 Å². The first-order valence-corrected chi connectivity index (χ1v) is 9.01. The maximum Gasteiger partial charge on any atom is 0.342 e. The zero-order valence-electron chi connectivity index (χ0n) is 14.7. The van der Waals surface area contributed by atoms with Crippen molar-refractivity contribution in [3.05, 3.63) is 35.9 Å². The van der Waals surface area contributed by atoms with E-state index in [-0.39, 0.29) is 11.3 Å². The number of thioether (sulfide) groups is 1. The molecule has 1 fully saturated rings. The topological polar surface area (TPSA) is 77.0 Å². The number of benzene rings is 1. The normalized spacial score (nSPS) is 30.7. The number of nitrogens with zero attached hydrogens (tertiary/aromatic N) is 1. The lowest BCUT2D eigenvalue weighted by Gasteiger charge is -2.24. The SMILES string of the molecule is COC(=O)[C@@H]1N[C@@H](C2(C)N=C(Cc3ccccc3)OC2=O)SC1(C)C. The summed E-state index contributed by atoms with van der Waals surface area (Å²) in [6, 6.07) is 9.22. The number of hydrogen-bond donors (Lipinski definition) is 1. The number of nitrogens with one attached hydrogen (secondary N) is 1. The second-order valence-electron chi connectivity index (χ2n) is 6.93. The van der Waals surface area contributed by atoms with Crippen LogP contribution in [0.4, 0.5) is 0 Å². The van der Waals surface area contributed by atoms with Crippen LogP contribution < -0.4 is 5.32 Å². The summed E-state index contributed by atoms with van der Waals surface area (Å²) in [5.41, 5.74) is -0.0486. The molecule has 7 heteroatoms. The van der Waals surface area contributed by atoms with Gasteiger partial charge in [0.25, 0.3) is 0 Å². The lowest BCUT2D eigenvalue weighted by atomic mass is 10.0. The maximum atomic E-state index is 12.5. The maximum absolute atomic E-state index is 12.5. The summed E-state index contributed by atoms with van der Waals surface area (Å²) >= 11 is 1.51. The highest BCUT2D eigenvalue weighted by Crippen LogP contribution is 2.45. The summed E-state index contributed by atoms with van der Waals surface area (Å²) < 4.78 is 9.88. The number of esters is 2. The second kappa shape index (κ2) is 6.46. The molecule has 1 aromatic carbocycles. The van der Waals surface area contributed by atoms with Gasteiger partial charge in [0, 0.05) is 11.2 Å². The van der Waals surface area contributed by atoms with E-state index in [1.165, 1.54) is 18.9 Å². The molecule has 1 N–H and O–H groups in total. The summed E-state index contributed by atoms with van der Waals surface area (Å²) in [4.78, 5) is 29.1. The van der Waals surface area contributed by atoms with E-state index < -0.39 is 22.3 Å². The number of carbonyl (C=O) groups is 2. The van der Waals surface area contributed by atoms with E-state index in [0.717, 1.165) is 5.56 Å². The molecule has 1 aromatic rings. The minimum Gasteiger partial charge on any atom is -0.468 e. The van der Waals surface area contributed by atoms with Crippen LogP contribution in [0.2, 0.25) is 0 Å². The van der Waals surface area contributed by atoms with E-state index in [2.05, 4.69) is 10.3 Å². The van der Waals surface area contributed by atoms with Crippen molar-refractivity contribution in [1.82, 2.24) is 5.32 Å². The zero-order valence-corrected chi connectivity index (χ0v) is 15.6. The Labute approximate surface area is 151 Å². The van der Waals surface area contributed by atoms with Crippen LogP contribution in [-0.2, 0) is 25.5 Å². The number of rotatable bonds is 4. The predicted molar refractivity (Wildman–Crippen MR) is 96.5 cm³/mol. The monoisotopic (exact) mass is 362 g/mol. The van der Waals surface area contributed by atoms with E-state index in [9.17, 15) is 9.59 Å². The summed E-state index contributed by atoms with van der Waals surface area (Å²) in [6.45, 7) is 5.64. The standard InChI is InChI=1S/C18H22N2O4S/c1-17(2)13(14(21)23-4)19-15(25-17)18(3)16(22)24-12(20-18)10-11-8-6-5-7-9-11/h5-9,13,15,19H,10H2,1-4H3/t13-,15+,18?/m0/s1. The summed E-state index contributed by atoms with van der Waals surface area (Å²) in [7, 11) is 1.36. The second-order valence-corrected chi connectivity index (χ2v) is 8.69. The van der Waals surface area contributed by atoms with Gasteiger partial charge in [-0.3, -0.25) is 10.1 Å². The van der Waals surface area contributed by atoms with Gasteiger partial charge in [0.1, 0.15) is 6.04 Å². The van der Waals surface area contributed by atoms with Crippen molar-refractivity contribution in [1.29, 1.82) is 0 Å². The van der Waals surface area contributed by atoms with Crippen molar-refractivity contribution in [2.24, 2.45) is 4.99 Å². The third kappa shape index (κ3) is 3.30. The molecule has 0 saturated carbocycles. The third-order valence-electron chi connectivity index (χ3n) is 4.56. The zero-order chi connectivity index (χ0) is 18.2. The minimum absolute atomic E-state index is 0.344. The Morgan fingerprint density at radius 1 is 1.32 bits per heavy atom. The number of methoxy groups -OCH3 is 1. The molecule has 3 rings (SSSR count). The Hall–Kier alpha value is -1.86. The number of carbonyl (C=O) groups excluding carboxylic acids is 2. The van der Waals surface area contributed by atoms with Crippen molar-refractivity contribution < 1.29 is 19.1 Å². The first-order chi connectivity index (χ1) is 11.8. The van der Waals surface area contributed by atoms with Crippen LogP contribution >= 0.6 is 11.8 Å². The molecule has 25 heavy (non-hydrogen) atoms. The van der Waals surface area contributed by atoms with Crippen molar-refractivity contribution >= 4 is 29.6 Å². The van der Waals surface area contributed by atoms with Gasteiger partial charge in [-0.25, -0.2) is 9.79 Å². The Balaban J connectivity index is 1.81. The summed E-state index contributed by atoms with van der Waals surface area (Å²) in [5, 5.41) is 2.84. The average molecular weight is 362 g/mol. The van der Waals surface area contributed by atoms with E-state index in [0.29, 0.717) is 12.3 Å². The molecule has 134 valence electrons. The average Bonchev–Trinajstić information content (AvgIpc) is 3.05. The Morgan fingerprint density at radius 2 is 2.00 bits per heavy atom. The van der Waals surface area contributed by atoms with Gasteiger partial charge in [-0.2, -0.15) is 0 Å². The van der Waals surface area contributed by atoms with Crippen molar-refractivity contribution in [3.8, 4) is 0 Å². The van der Waals surface area contributed by atoms with Gasteiger partial charge in [-0.1, -0.05) is 30.3 Å². The quantitative estimate of drug-likeness (QED) is 0.825. The van der Waals surface area contributed by atoms with Gasteiger partial charge in [0.15, 0.2) is 11.4 Å². The Morgan fingerprint density at radius 3 is 2.64 bits per heavy atom. The van der Waals surface area contributed by atoms with Crippen molar-refractivity contribution in [2.45, 2.75) is 48.9 Å². The number of cyclic esters (lactones) is 1. The fraction of sp³-hybridized carbons (Fsp3) is 0.500. The lowest BCUT2D eigenvalue weighted by molar-refractivity contribution is -0.144. The van der Waals surface area contributed by atoms with Crippen LogP contribution in [-0.4, -0.2) is 46.6 Å². The largest absolute Gasteiger partial charge is 0.468 e. The van der Waals surface area contributed by atoms with E-state index >= 15 is 0 Å². The van der Waals surface area contributed by atoms with Crippen LogP contribution in [0, 0.1) is 0 Å². The Bertz CT molecular complexity index is 719. The molecule has 0 amide bonds. The fourth-order valence-electron chi connectivity index (χ4n) is 3.05. The van der Waals surface area contributed by atoms with E-state index in [1.807, 2.05) is 44.2 Å². The molecule has 2 heterocycles. The van der Waals surface area contributed by atoms with E-state index in [1.54, 1.807) is 6.92 Å². The predicted octanol–water partition coefficient (Wildman–Crippen LogP) is 1.93. The highest BCUT2D eigenvalue weighted by Gasteiger charge is 2.57. The molecule has 3 atom stereocenters. The van der Waals surface area contributed by atoms with Crippen LogP contribution in [0.1, 0.15) is 26.3 Å². The first-order valence-electron chi connectivity index (χ1n) is 8.13. The molecule has 0 spiro atoms. The van der Waals surface area contributed by atoms with Crippen molar-refractivity contribution in [3.63, 3.8) is 0 Å². The van der Waals surface area contributed by atoms with Crippen LogP contribution in [0.15, 0.2) is 35.3 Å². The van der Waals surface area contributed by atoms with Gasteiger partial charge in [0.2, 0.25) is 0 Å². The molecular formula is C18H22N2O4S. The van der Waals surface area contributed by atoms with Gasteiger partial charge >= 0.3 is 11.9 Å². The molecule has 1 unspecified atom stereocenters. The van der Waals surface area contributed by atoms with Gasteiger partial charge < -0.3 is 9.47 Å². The van der Waals surface area contributed by atoms with Crippen LogP contribution in [0.25, 0.3) is 0 Å². The molecular weight excluding hydrogens is 340 g/mol. The van der Waals surface area contributed by atoms with Crippen LogP contribution in [0.5, 0.6) is 0 Å². The third-order valence-corrected chi connectivity index (χ3v) is 6.24. The molecule has 0 bridgehead atoms.